The van der Waals surface area contributed by atoms with Crippen LogP contribution in [0.5, 0.6) is 0 Å². The molecule has 0 amide bonds. The molecule has 0 atom stereocenters. The molecule has 1 aliphatic carbocycles. The van der Waals surface area contributed by atoms with Gasteiger partial charge in [0.2, 0.25) is 0 Å². The molecule has 0 saturated carbocycles. The molecule has 0 N–H and O–H groups in total. The van der Waals surface area contributed by atoms with Crippen molar-refractivity contribution in [1.29, 1.82) is 0 Å². The number of allylic oxidation sites excluding steroid dienone is 4. The summed E-state index contributed by atoms with van der Waals surface area (Å²) in [4.78, 5) is 4.53. The predicted molar refractivity (Wildman–Crippen MR) is 63.6 cm³/mol. The minimum Gasteiger partial charge on any atom is -0.501 e. The van der Waals surface area contributed by atoms with Crippen LogP contribution in [-0.4, -0.2) is 51.1 Å². The van der Waals surface area contributed by atoms with Crippen LogP contribution in [0.2, 0.25) is 0 Å². The van der Waals surface area contributed by atoms with Gasteiger partial charge in [0.1, 0.15) is 0 Å². The summed E-state index contributed by atoms with van der Waals surface area (Å²) in [6.07, 6.45) is 6.35. The topological polar surface area (TPSA) is 15.7 Å². The summed E-state index contributed by atoms with van der Waals surface area (Å²) in [6, 6.07) is 0. The second-order valence-electron chi connectivity index (χ2n) is 4.22. The molecule has 15 heavy (non-hydrogen) atoms. The van der Waals surface area contributed by atoms with Gasteiger partial charge in [-0.1, -0.05) is 0 Å². The average molecular weight is 210 g/mol. The van der Waals surface area contributed by atoms with Crippen molar-refractivity contribution < 1.29 is 4.74 Å². The maximum Gasteiger partial charge on any atom is 0.0959 e. The lowest BCUT2D eigenvalue weighted by molar-refractivity contribution is 0.266. The van der Waals surface area contributed by atoms with Gasteiger partial charge in [-0.05, 0) is 32.7 Å². The molecular formula is C12H22N2O. The van der Waals surface area contributed by atoms with E-state index in [-0.39, 0.29) is 0 Å². The van der Waals surface area contributed by atoms with Gasteiger partial charge >= 0.3 is 0 Å². The third kappa shape index (κ3) is 3.96. The Kier molecular flexibility index (Phi) is 4.69. The van der Waals surface area contributed by atoms with Crippen LogP contribution < -0.4 is 0 Å². The Morgan fingerprint density at radius 2 is 1.87 bits per heavy atom. The van der Waals surface area contributed by atoms with Crippen LogP contribution in [0.3, 0.4) is 0 Å². The van der Waals surface area contributed by atoms with Gasteiger partial charge in [0.15, 0.2) is 0 Å². The van der Waals surface area contributed by atoms with Crippen LogP contribution >= 0.6 is 0 Å². The van der Waals surface area contributed by atoms with Gasteiger partial charge < -0.3 is 14.5 Å². The van der Waals surface area contributed by atoms with E-state index in [2.05, 4.69) is 43.1 Å². The van der Waals surface area contributed by atoms with E-state index >= 15 is 0 Å². The second-order valence-corrected chi connectivity index (χ2v) is 4.22. The lowest BCUT2D eigenvalue weighted by Gasteiger charge is -2.26. The quantitative estimate of drug-likeness (QED) is 0.687. The number of methoxy groups -OCH3 is 1. The lowest BCUT2D eigenvalue weighted by atomic mass is 10.1. The minimum absolute atomic E-state index is 1.02. The Bertz CT molecular complexity index is 256. The smallest absolute Gasteiger partial charge is 0.0959 e. The first-order valence-electron chi connectivity index (χ1n) is 5.43. The molecule has 86 valence electrons. The second kappa shape index (κ2) is 5.81. The van der Waals surface area contributed by atoms with Crippen molar-refractivity contribution in [2.45, 2.75) is 12.8 Å². The van der Waals surface area contributed by atoms with Gasteiger partial charge in [0.05, 0.1) is 12.9 Å². The number of hydrogen-bond donors (Lipinski definition) is 0. The normalized spacial score (nSPS) is 16.1. The molecule has 0 bridgehead atoms. The van der Waals surface area contributed by atoms with E-state index in [1.807, 2.05) is 0 Å². The first-order chi connectivity index (χ1) is 7.13. The summed E-state index contributed by atoms with van der Waals surface area (Å²) in [6.45, 7) is 2.17. The molecule has 0 radical (unpaired) electrons. The van der Waals surface area contributed by atoms with Crippen LogP contribution in [-0.2, 0) is 4.74 Å². The molecule has 0 spiro atoms. The highest BCUT2D eigenvalue weighted by molar-refractivity contribution is 5.20. The van der Waals surface area contributed by atoms with Gasteiger partial charge in [0, 0.05) is 32.3 Å². The van der Waals surface area contributed by atoms with Crippen molar-refractivity contribution in [2.24, 2.45) is 0 Å². The molecule has 3 heteroatoms. The number of rotatable bonds is 5. The molecule has 0 unspecified atom stereocenters. The Balaban J connectivity index is 2.44. The number of nitrogens with zero attached hydrogens (tertiary/aromatic N) is 2. The summed E-state index contributed by atoms with van der Waals surface area (Å²) in [5.41, 5.74) is 1.40. The minimum atomic E-state index is 1.02. The van der Waals surface area contributed by atoms with E-state index in [1.54, 1.807) is 7.11 Å². The molecule has 1 rings (SSSR count). The van der Waals surface area contributed by atoms with Crippen molar-refractivity contribution >= 4 is 0 Å². The highest BCUT2D eigenvalue weighted by Gasteiger charge is 2.10. The molecule has 0 aromatic carbocycles. The largest absolute Gasteiger partial charge is 0.501 e. The molecule has 0 aliphatic heterocycles. The zero-order valence-electron chi connectivity index (χ0n) is 10.3. The van der Waals surface area contributed by atoms with Crippen LogP contribution in [0, 0.1) is 0 Å². The number of hydrogen-bond acceptors (Lipinski definition) is 3. The molecule has 0 heterocycles. The maximum absolute atomic E-state index is 5.21. The van der Waals surface area contributed by atoms with Crippen molar-refractivity contribution in [3.8, 4) is 0 Å². The molecule has 0 aromatic rings. The van der Waals surface area contributed by atoms with Crippen molar-refractivity contribution in [2.75, 3.05) is 41.3 Å². The fraction of sp³-hybridized carbons (Fsp3) is 0.667. The van der Waals surface area contributed by atoms with Crippen molar-refractivity contribution in [3.05, 3.63) is 23.6 Å². The zero-order chi connectivity index (χ0) is 11.3. The third-order valence-electron chi connectivity index (χ3n) is 2.72. The van der Waals surface area contributed by atoms with Gasteiger partial charge in [-0.25, -0.2) is 0 Å². The summed E-state index contributed by atoms with van der Waals surface area (Å²) < 4.78 is 5.21. The fourth-order valence-corrected chi connectivity index (χ4v) is 1.59. The van der Waals surface area contributed by atoms with E-state index in [1.165, 1.54) is 5.70 Å². The predicted octanol–water partition coefficient (Wildman–Crippen LogP) is 1.69. The van der Waals surface area contributed by atoms with E-state index in [4.69, 9.17) is 4.74 Å². The Morgan fingerprint density at radius 1 is 1.13 bits per heavy atom. The lowest BCUT2D eigenvalue weighted by Crippen LogP contribution is -2.28. The first-order valence-corrected chi connectivity index (χ1v) is 5.43. The molecular weight excluding hydrogens is 188 g/mol. The highest BCUT2D eigenvalue weighted by atomic mass is 16.5. The van der Waals surface area contributed by atoms with E-state index in [0.29, 0.717) is 0 Å². The van der Waals surface area contributed by atoms with Gasteiger partial charge in [-0.3, -0.25) is 0 Å². The third-order valence-corrected chi connectivity index (χ3v) is 2.72. The first kappa shape index (κ1) is 12.1. The van der Waals surface area contributed by atoms with Crippen molar-refractivity contribution in [1.82, 2.24) is 9.80 Å². The monoisotopic (exact) mass is 210 g/mol. The summed E-state index contributed by atoms with van der Waals surface area (Å²) in [7, 11) is 8.10. The summed E-state index contributed by atoms with van der Waals surface area (Å²) >= 11 is 0. The molecule has 0 saturated heterocycles. The fourth-order valence-electron chi connectivity index (χ4n) is 1.59. The number of ether oxygens (including phenoxy) is 1. The van der Waals surface area contributed by atoms with E-state index in [0.717, 1.165) is 31.7 Å². The van der Waals surface area contributed by atoms with Crippen LogP contribution in [0.1, 0.15) is 12.8 Å². The van der Waals surface area contributed by atoms with E-state index < -0.39 is 0 Å². The van der Waals surface area contributed by atoms with Gasteiger partial charge in [0.25, 0.3) is 0 Å². The van der Waals surface area contributed by atoms with Crippen molar-refractivity contribution in [3.63, 3.8) is 0 Å². The van der Waals surface area contributed by atoms with Crippen LogP contribution in [0.4, 0.5) is 0 Å². The molecule has 3 nitrogen and oxygen atoms in total. The zero-order valence-corrected chi connectivity index (χ0v) is 10.3. The highest BCUT2D eigenvalue weighted by Crippen LogP contribution is 2.20. The Hall–Kier alpha value is -0.960. The molecule has 1 aliphatic rings. The Labute approximate surface area is 93.0 Å². The van der Waals surface area contributed by atoms with Crippen LogP contribution in [0.15, 0.2) is 23.6 Å². The number of likely N-dealkylation sites (N-methyl/N-ethyl adjacent to an activating group) is 2. The average Bonchev–Trinajstić information content (AvgIpc) is 2.26. The Morgan fingerprint density at radius 3 is 2.33 bits per heavy atom. The SMILES string of the molecule is COC1=CC=C(N(C)CCN(C)C)CC1. The van der Waals surface area contributed by atoms with Crippen LogP contribution in [0.25, 0.3) is 0 Å². The molecule has 0 fully saturated rings. The summed E-state index contributed by atoms with van der Waals surface area (Å²) in [5, 5.41) is 0. The maximum atomic E-state index is 5.21. The van der Waals surface area contributed by atoms with E-state index in [9.17, 15) is 0 Å². The standard InChI is InChI=1S/C12H22N2O/c1-13(2)9-10-14(3)11-5-7-12(15-4)8-6-11/h5,7H,6,8-10H2,1-4H3. The summed E-state index contributed by atoms with van der Waals surface area (Å²) in [5.74, 6) is 1.08. The van der Waals surface area contributed by atoms with Gasteiger partial charge in [-0.15, -0.1) is 0 Å². The van der Waals surface area contributed by atoms with Gasteiger partial charge in [-0.2, -0.15) is 0 Å². The molecule has 0 aromatic heterocycles.